The molecule has 25 heavy (non-hydrogen) atoms. The number of nitrogens with zero attached hydrogens (tertiary/aromatic N) is 1. The molecule has 0 bridgehead atoms. The molecule has 0 spiro atoms. The third kappa shape index (κ3) is 2.73. The van der Waals surface area contributed by atoms with Crippen molar-refractivity contribution in [2.75, 3.05) is 12.1 Å². The summed E-state index contributed by atoms with van der Waals surface area (Å²) in [7, 11) is 0. The molecule has 4 rings (SSSR count). The number of nitro groups is 1. The molecular formula is C17H11ClN2O5. The Balaban J connectivity index is 1.90. The Hall–Kier alpha value is -2.90. The number of non-ortho nitro benzene ring substituents is 1. The number of hydrogen-bond donors (Lipinski definition) is 1. The highest BCUT2D eigenvalue weighted by Crippen LogP contribution is 2.39. The van der Waals surface area contributed by atoms with Gasteiger partial charge in [-0.15, -0.1) is 0 Å². The maximum atomic E-state index is 12.3. The second kappa shape index (κ2) is 5.87. The van der Waals surface area contributed by atoms with Crippen molar-refractivity contribution >= 4 is 40.5 Å². The number of benzene rings is 2. The predicted molar refractivity (Wildman–Crippen MR) is 91.3 cm³/mol. The Morgan fingerprint density at radius 3 is 2.92 bits per heavy atom. The van der Waals surface area contributed by atoms with Crippen LogP contribution >= 0.6 is 11.6 Å². The highest BCUT2D eigenvalue weighted by atomic mass is 35.5. The van der Waals surface area contributed by atoms with Crippen LogP contribution in [0.3, 0.4) is 0 Å². The first-order chi connectivity index (χ1) is 12.0. The van der Waals surface area contributed by atoms with Gasteiger partial charge in [0.25, 0.3) is 11.6 Å². The third-order valence-electron chi connectivity index (χ3n) is 4.00. The first-order valence-electron chi connectivity index (χ1n) is 7.38. The maximum absolute atomic E-state index is 12.3. The van der Waals surface area contributed by atoms with E-state index in [0.29, 0.717) is 38.7 Å². The molecule has 0 fully saturated rings. The highest BCUT2D eigenvalue weighted by molar-refractivity contribution is 6.36. The van der Waals surface area contributed by atoms with Gasteiger partial charge in [-0.2, -0.15) is 0 Å². The van der Waals surface area contributed by atoms with Crippen LogP contribution in [0.25, 0.3) is 11.6 Å². The van der Waals surface area contributed by atoms with Crippen LogP contribution in [0.15, 0.2) is 30.3 Å². The monoisotopic (exact) mass is 358 g/mol. The third-order valence-corrected chi connectivity index (χ3v) is 4.23. The Kier molecular flexibility index (Phi) is 3.67. The molecule has 0 atom stereocenters. The van der Waals surface area contributed by atoms with Crippen LogP contribution in [0.2, 0.25) is 5.02 Å². The van der Waals surface area contributed by atoms with E-state index in [0.717, 1.165) is 0 Å². The normalized spacial score (nSPS) is 16.8. The molecule has 0 radical (unpaired) electrons. The van der Waals surface area contributed by atoms with Gasteiger partial charge >= 0.3 is 0 Å². The average molecular weight is 359 g/mol. The van der Waals surface area contributed by atoms with E-state index in [2.05, 4.69) is 5.32 Å². The highest BCUT2D eigenvalue weighted by Gasteiger charge is 2.26. The topological polar surface area (TPSA) is 90.7 Å². The fraction of sp³-hybridized carbons (Fsp3) is 0.118. The summed E-state index contributed by atoms with van der Waals surface area (Å²) in [6.45, 7) is 0.261. The Morgan fingerprint density at radius 2 is 2.12 bits per heavy atom. The average Bonchev–Trinajstić information content (AvgIpc) is 2.90. The van der Waals surface area contributed by atoms with Gasteiger partial charge in [0.05, 0.1) is 11.5 Å². The number of carbonyl (C=O) groups excluding carboxylic acids is 1. The SMILES string of the molecule is O=C1Nc2ccc(Cl)cc2/C1=C\c1cc([N+](=O)[O-])cc2c1OCOC2. The summed E-state index contributed by atoms with van der Waals surface area (Å²) in [4.78, 5) is 23.0. The number of halogens is 1. The second-order valence-corrected chi connectivity index (χ2v) is 6.03. The van der Waals surface area contributed by atoms with Crippen molar-refractivity contribution in [2.24, 2.45) is 0 Å². The van der Waals surface area contributed by atoms with Crippen LogP contribution in [-0.2, 0) is 16.1 Å². The summed E-state index contributed by atoms with van der Waals surface area (Å²) in [6, 6.07) is 7.86. The van der Waals surface area contributed by atoms with Crippen LogP contribution in [0.1, 0.15) is 16.7 Å². The number of nitrogens with one attached hydrogen (secondary N) is 1. The number of amides is 1. The van der Waals surface area contributed by atoms with E-state index in [-0.39, 0.29) is 25.0 Å². The lowest BCUT2D eigenvalue weighted by atomic mass is 10.0. The lowest BCUT2D eigenvalue weighted by molar-refractivity contribution is -0.385. The minimum absolute atomic E-state index is 0.0512. The number of ether oxygens (including phenoxy) is 2. The van der Waals surface area contributed by atoms with Crippen molar-refractivity contribution in [3.05, 3.63) is 62.2 Å². The lowest BCUT2D eigenvalue weighted by Gasteiger charge is -2.19. The smallest absolute Gasteiger partial charge is 0.270 e. The first-order valence-corrected chi connectivity index (χ1v) is 7.75. The van der Waals surface area contributed by atoms with Crippen molar-refractivity contribution in [3.63, 3.8) is 0 Å². The predicted octanol–water partition coefficient (Wildman–Crippen LogP) is 3.61. The zero-order valence-corrected chi connectivity index (χ0v) is 13.5. The molecule has 2 aromatic carbocycles. The minimum Gasteiger partial charge on any atom is -0.467 e. The summed E-state index contributed by atoms with van der Waals surface area (Å²) in [5.74, 6) is 0.178. The van der Waals surface area contributed by atoms with Crippen molar-refractivity contribution in [3.8, 4) is 5.75 Å². The van der Waals surface area contributed by atoms with E-state index in [1.165, 1.54) is 12.1 Å². The lowest BCUT2D eigenvalue weighted by Crippen LogP contribution is -2.13. The maximum Gasteiger partial charge on any atom is 0.270 e. The van der Waals surface area contributed by atoms with Crippen LogP contribution in [0.5, 0.6) is 5.75 Å². The van der Waals surface area contributed by atoms with E-state index >= 15 is 0 Å². The largest absolute Gasteiger partial charge is 0.467 e. The number of anilines is 1. The standard InChI is InChI=1S/C17H11ClN2O5/c18-11-1-2-15-13(6-11)14(17(21)19-15)5-9-3-12(20(22)23)4-10-7-24-8-25-16(9)10/h1-6H,7-8H2,(H,19,21)/b14-5+. The quantitative estimate of drug-likeness (QED) is 0.503. The molecule has 0 aromatic heterocycles. The number of fused-ring (bicyclic) bond motifs is 2. The van der Waals surface area contributed by atoms with E-state index in [1.54, 1.807) is 24.3 Å². The van der Waals surface area contributed by atoms with E-state index in [4.69, 9.17) is 21.1 Å². The second-order valence-electron chi connectivity index (χ2n) is 5.59. The number of hydrogen-bond acceptors (Lipinski definition) is 5. The van der Waals surface area contributed by atoms with Crippen LogP contribution in [0, 0.1) is 10.1 Å². The molecule has 2 aromatic rings. The summed E-state index contributed by atoms with van der Waals surface area (Å²) < 4.78 is 10.7. The molecule has 8 heteroatoms. The van der Waals surface area contributed by atoms with Crippen LogP contribution in [-0.4, -0.2) is 17.6 Å². The minimum atomic E-state index is -0.490. The zero-order valence-electron chi connectivity index (χ0n) is 12.7. The molecule has 2 heterocycles. The first kappa shape index (κ1) is 15.6. The number of carbonyl (C=O) groups is 1. The van der Waals surface area contributed by atoms with Gasteiger partial charge in [-0.05, 0) is 24.3 Å². The van der Waals surface area contributed by atoms with Gasteiger partial charge < -0.3 is 14.8 Å². The molecular weight excluding hydrogens is 348 g/mol. The van der Waals surface area contributed by atoms with Gasteiger partial charge in [-0.1, -0.05) is 11.6 Å². The number of nitro benzene ring substituents is 1. The van der Waals surface area contributed by atoms with E-state index in [1.807, 2.05) is 0 Å². The Morgan fingerprint density at radius 1 is 1.28 bits per heavy atom. The summed E-state index contributed by atoms with van der Waals surface area (Å²) in [6.07, 6.45) is 1.58. The van der Waals surface area contributed by atoms with Crippen molar-refractivity contribution < 1.29 is 19.2 Å². The Bertz CT molecular complexity index is 954. The van der Waals surface area contributed by atoms with Gasteiger partial charge in [0.2, 0.25) is 0 Å². The summed E-state index contributed by atoms with van der Waals surface area (Å²) in [5.41, 5.74) is 2.58. The molecule has 0 unspecified atom stereocenters. The van der Waals surface area contributed by atoms with E-state index in [9.17, 15) is 14.9 Å². The Labute approximate surface area is 147 Å². The van der Waals surface area contributed by atoms with Crippen molar-refractivity contribution in [1.82, 2.24) is 0 Å². The van der Waals surface area contributed by atoms with Crippen LogP contribution in [0.4, 0.5) is 11.4 Å². The molecule has 1 amide bonds. The van der Waals surface area contributed by atoms with Gasteiger partial charge in [-0.3, -0.25) is 14.9 Å². The fourth-order valence-corrected chi connectivity index (χ4v) is 3.08. The molecule has 0 saturated carbocycles. The molecule has 7 nitrogen and oxygen atoms in total. The number of rotatable bonds is 2. The fourth-order valence-electron chi connectivity index (χ4n) is 2.90. The van der Waals surface area contributed by atoms with Gasteiger partial charge in [-0.25, -0.2) is 0 Å². The molecule has 2 aliphatic rings. The zero-order chi connectivity index (χ0) is 17.6. The molecule has 126 valence electrons. The molecule has 0 saturated heterocycles. The van der Waals surface area contributed by atoms with Gasteiger partial charge in [0.15, 0.2) is 6.79 Å². The van der Waals surface area contributed by atoms with Gasteiger partial charge in [0, 0.05) is 45.1 Å². The van der Waals surface area contributed by atoms with Crippen LogP contribution < -0.4 is 10.1 Å². The summed E-state index contributed by atoms with van der Waals surface area (Å²) >= 11 is 6.02. The molecule has 0 aliphatic carbocycles. The molecule has 2 aliphatic heterocycles. The van der Waals surface area contributed by atoms with E-state index < -0.39 is 4.92 Å². The summed E-state index contributed by atoms with van der Waals surface area (Å²) in [5, 5.41) is 14.4. The van der Waals surface area contributed by atoms with Crippen molar-refractivity contribution in [1.29, 1.82) is 0 Å². The van der Waals surface area contributed by atoms with Crippen molar-refractivity contribution in [2.45, 2.75) is 6.61 Å². The molecule has 1 N–H and O–H groups in total. The van der Waals surface area contributed by atoms with Gasteiger partial charge in [0.1, 0.15) is 5.75 Å².